The van der Waals surface area contributed by atoms with Gasteiger partial charge in [-0.2, -0.15) is 4.99 Å². The van der Waals surface area contributed by atoms with Crippen LogP contribution in [-0.4, -0.2) is 10.5 Å². The molecule has 0 aliphatic heterocycles. The van der Waals surface area contributed by atoms with Crippen molar-refractivity contribution in [3.05, 3.63) is 70.3 Å². The molecule has 0 aliphatic carbocycles. The molecule has 1 aromatic heterocycles. The Morgan fingerprint density at radius 3 is 2.55 bits per heavy atom. The molecule has 3 nitrogen and oxygen atoms in total. The van der Waals surface area contributed by atoms with Gasteiger partial charge in [-0.15, -0.1) is 11.3 Å². The van der Waals surface area contributed by atoms with E-state index in [4.69, 9.17) is 0 Å². The zero-order chi connectivity index (χ0) is 15.5. The van der Waals surface area contributed by atoms with Crippen molar-refractivity contribution in [1.29, 1.82) is 0 Å². The number of rotatable bonds is 2. The van der Waals surface area contributed by atoms with E-state index < -0.39 is 0 Å². The molecule has 0 aliphatic rings. The fourth-order valence-corrected chi connectivity index (χ4v) is 3.30. The van der Waals surface area contributed by atoms with Crippen LogP contribution in [0.25, 0.3) is 16.9 Å². The highest BCUT2D eigenvalue weighted by atomic mass is 32.1. The van der Waals surface area contributed by atoms with Crippen LogP contribution in [0.5, 0.6) is 0 Å². The van der Waals surface area contributed by atoms with Gasteiger partial charge in [0, 0.05) is 18.0 Å². The van der Waals surface area contributed by atoms with Crippen LogP contribution >= 0.6 is 11.3 Å². The van der Waals surface area contributed by atoms with Gasteiger partial charge in [-0.3, -0.25) is 9.36 Å². The number of thiazole rings is 1. The lowest BCUT2D eigenvalue weighted by atomic mass is 10.1. The van der Waals surface area contributed by atoms with Crippen molar-refractivity contribution in [3.8, 4) is 16.9 Å². The highest BCUT2D eigenvalue weighted by Gasteiger charge is 2.10. The second-order valence-corrected chi connectivity index (χ2v) is 5.91. The van der Waals surface area contributed by atoms with E-state index in [0.717, 1.165) is 16.9 Å². The number of carbonyl (C=O) groups excluding carboxylic acids is 1. The second-order valence-electron chi connectivity index (χ2n) is 5.07. The Kier molecular flexibility index (Phi) is 4.02. The van der Waals surface area contributed by atoms with Crippen LogP contribution < -0.4 is 4.80 Å². The summed E-state index contributed by atoms with van der Waals surface area (Å²) in [6.45, 7) is 3.53. The average Bonchev–Trinajstić information content (AvgIpc) is 2.91. The smallest absolute Gasteiger partial charge is 0.245 e. The second kappa shape index (κ2) is 6.12. The van der Waals surface area contributed by atoms with Crippen LogP contribution in [0, 0.1) is 6.92 Å². The van der Waals surface area contributed by atoms with E-state index in [1.54, 1.807) is 0 Å². The number of aryl methyl sites for hydroxylation is 1. The Labute approximate surface area is 133 Å². The summed E-state index contributed by atoms with van der Waals surface area (Å²) in [7, 11) is 0. The van der Waals surface area contributed by atoms with Crippen molar-refractivity contribution in [3.63, 3.8) is 0 Å². The summed E-state index contributed by atoms with van der Waals surface area (Å²) in [5.74, 6) is -0.192. The van der Waals surface area contributed by atoms with Crippen LogP contribution in [0.2, 0.25) is 0 Å². The third-order valence-electron chi connectivity index (χ3n) is 3.29. The van der Waals surface area contributed by atoms with Crippen molar-refractivity contribution >= 4 is 17.2 Å². The van der Waals surface area contributed by atoms with Crippen molar-refractivity contribution in [2.75, 3.05) is 0 Å². The maximum atomic E-state index is 11.4. The molecule has 110 valence electrons. The van der Waals surface area contributed by atoms with Gasteiger partial charge in [-0.25, -0.2) is 0 Å². The zero-order valence-electron chi connectivity index (χ0n) is 12.5. The van der Waals surface area contributed by atoms with Gasteiger partial charge in [0.05, 0.1) is 5.69 Å². The van der Waals surface area contributed by atoms with E-state index in [2.05, 4.69) is 36.2 Å². The molecule has 0 radical (unpaired) electrons. The van der Waals surface area contributed by atoms with Gasteiger partial charge in [0.25, 0.3) is 0 Å². The third kappa shape index (κ3) is 2.92. The fraction of sp³-hybridized carbons (Fsp3) is 0.111. The summed E-state index contributed by atoms with van der Waals surface area (Å²) in [5.41, 5.74) is 4.32. The van der Waals surface area contributed by atoms with Gasteiger partial charge < -0.3 is 0 Å². The normalized spacial score (nSPS) is 11.6. The highest BCUT2D eigenvalue weighted by Crippen LogP contribution is 2.23. The fourth-order valence-electron chi connectivity index (χ4n) is 2.35. The number of hydrogen-bond donors (Lipinski definition) is 0. The van der Waals surface area contributed by atoms with Crippen molar-refractivity contribution < 1.29 is 4.79 Å². The minimum Gasteiger partial charge on any atom is -0.285 e. The van der Waals surface area contributed by atoms with Gasteiger partial charge in [0.15, 0.2) is 4.80 Å². The van der Waals surface area contributed by atoms with Crippen molar-refractivity contribution in [1.82, 2.24) is 4.57 Å². The molecule has 2 aromatic carbocycles. The molecule has 1 heterocycles. The first kappa shape index (κ1) is 14.5. The van der Waals surface area contributed by atoms with E-state index in [1.807, 2.05) is 40.3 Å². The number of aromatic nitrogens is 1. The first-order chi connectivity index (χ1) is 10.6. The maximum Gasteiger partial charge on any atom is 0.245 e. The van der Waals surface area contributed by atoms with E-state index in [0.29, 0.717) is 4.80 Å². The third-order valence-corrected chi connectivity index (χ3v) is 4.12. The molecule has 4 heteroatoms. The number of nitrogens with zero attached hydrogens (tertiary/aromatic N) is 2. The summed E-state index contributed by atoms with van der Waals surface area (Å²) in [5, 5.41) is 2.04. The molecular formula is C18H16N2OS. The molecule has 0 unspecified atom stereocenters. The molecular weight excluding hydrogens is 292 g/mol. The first-order valence-corrected chi connectivity index (χ1v) is 7.91. The number of benzene rings is 2. The number of amides is 1. The van der Waals surface area contributed by atoms with Gasteiger partial charge in [0.2, 0.25) is 5.91 Å². The number of hydrogen-bond acceptors (Lipinski definition) is 2. The van der Waals surface area contributed by atoms with Crippen LogP contribution in [0.3, 0.4) is 0 Å². The molecule has 0 atom stereocenters. The molecule has 3 aromatic rings. The molecule has 0 saturated carbocycles. The Bertz CT molecular complexity index is 875. The highest BCUT2D eigenvalue weighted by molar-refractivity contribution is 7.07. The summed E-state index contributed by atoms with van der Waals surface area (Å²) >= 11 is 1.48. The quantitative estimate of drug-likeness (QED) is 0.705. The Morgan fingerprint density at radius 1 is 1.09 bits per heavy atom. The van der Waals surface area contributed by atoms with Gasteiger partial charge in [0.1, 0.15) is 0 Å². The van der Waals surface area contributed by atoms with Gasteiger partial charge >= 0.3 is 0 Å². The Hall–Kier alpha value is -2.46. The molecule has 0 N–H and O–H groups in total. The van der Waals surface area contributed by atoms with Crippen molar-refractivity contribution in [2.24, 2.45) is 4.99 Å². The molecule has 0 saturated heterocycles. The van der Waals surface area contributed by atoms with Crippen LogP contribution in [0.4, 0.5) is 0 Å². The molecule has 0 bridgehead atoms. The van der Waals surface area contributed by atoms with E-state index in [-0.39, 0.29) is 5.91 Å². The van der Waals surface area contributed by atoms with Gasteiger partial charge in [-0.1, -0.05) is 42.5 Å². The number of carbonyl (C=O) groups is 1. The largest absolute Gasteiger partial charge is 0.285 e. The van der Waals surface area contributed by atoms with Crippen LogP contribution in [-0.2, 0) is 4.79 Å². The summed E-state index contributed by atoms with van der Waals surface area (Å²) in [6.07, 6.45) is 0. The summed E-state index contributed by atoms with van der Waals surface area (Å²) in [4.78, 5) is 16.3. The lowest BCUT2D eigenvalue weighted by Gasteiger charge is -2.10. The lowest BCUT2D eigenvalue weighted by molar-refractivity contribution is -0.116. The first-order valence-electron chi connectivity index (χ1n) is 7.03. The molecule has 3 rings (SSSR count). The summed E-state index contributed by atoms with van der Waals surface area (Å²) < 4.78 is 2.04. The standard InChI is InChI=1S/C18H16N2OS/c1-13-7-6-10-16(11-13)20-17(15-8-4-3-5-9-15)12-22-18(20)19-14(2)21/h3-12H,1-2H3. The lowest BCUT2D eigenvalue weighted by Crippen LogP contribution is -2.15. The molecule has 22 heavy (non-hydrogen) atoms. The predicted octanol–water partition coefficient (Wildman–Crippen LogP) is 3.96. The maximum absolute atomic E-state index is 11.4. The van der Waals surface area contributed by atoms with Crippen molar-refractivity contribution in [2.45, 2.75) is 13.8 Å². The summed E-state index contributed by atoms with van der Waals surface area (Å²) in [6, 6.07) is 18.3. The predicted molar refractivity (Wildman–Crippen MR) is 90.1 cm³/mol. The van der Waals surface area contributed by atoms with Gasteiger partial charge in [-0.05, 0) is 30.2 Å². The van der Waals surface area contributed by atoms with E-state index in [1.165, 1.54) is 23.8 Å². The van der Waals surface area contributed by atoms with E-state index >= 15 is 0 Å². The molecule has 0 fully saturated rings. The van der Waals surface area contributed by atoms with Crippen LogP contribution in [0.1, 0.15) is 12.5 Å². The monoisotopic (exact) mass is 308 g/mol. The SMILES string of the molecule is CC(=O)N=c1scc(-c2ccccc2)n1-c1cccc(C)c1. The molecule has 1 amide bonds. The zero-order valence-corrected chi connectivity index (χ0v) is 13.3. The Balaban J connectivity index is 2.29. The molecule has 0 spiro atoms. The Morgan fingerprint density at radius 2 is 1.86 bits per heavy atom. The van der Waals surface area contributed by atoms with Crippen LogP contribution in [0.15, 0.2) is 65.0 Å². The minimum absolute atomic E-state index is 0.192. The van der Waals surface area contributed by atoms with E-state index in [9.17, 15) is 4.79 Å². The average molecular weight is 308 g/mol. The minimum atomic E-state index is -0.192. The topological polar surface area (TPSA) is 34.4 Å².